The molecule has 0 aliphatic carbocycles. The minimum absolute atomic E-state index is 0.0516. The van der Waals surface area contributed by atoms with E-state index >= 15 is 0 Å². The van der Waals surface area contributed by atoms with Crippen LogP contribution in [0.4, 0.5) is 5.69 Å². The van der Waals surface area contributed by atoms with Crippen LogP contribution in [0.2, 0.25) is 5.02 Å². The Kier molecular flexibility index (Phi) is 2.90. The molecule has 1 aromatic rings. The third-order valence-corrected chi connectivity index (χ3v) is 2.06. The van der Waals surface area contributed by atoms with E-state index in [2.05, 4.69) is 0 Å². The van der Waals surface area contributed by atoms with Crippen molar-refractivity contribution in [2.45, 2.75) is 6.92 Å². The fourth-order valence-electron chi connectivity index (χ4n) is 1.09. The molecule has 1 rings (SSSR count). The van der Waals surface area contributed by atoms with E-state index in [1.165, 1.54) is 0 Å². The minimum atomic E-state index is -0.192. The molecular formula is C9H11ClN2O. The van der Waals surface area contributed by atoms with Crippen molar-refractivity contribution in [2.75, 3.05) is 12.3 Å². The summed E-state index contributed by atoms with van der Waals surface area (Å²) < 4.78 is 0. The van der Waals surface area contributed by atoms with Crippen molar-refractivity contribution in [3.8, 4) is 0 Å². The van der Waals surface area contributed by atoms with Gasteiger partial charge in [0.15, 0.2) is 5.78 Å². The molecule has 4 heteroatoms. The first-order valence-corrected chi connectivity index (χ1v) is 4.23. The molecule has 0 spiro atoms. The summed E-state index contributed by atoms with van der Waals surface area (Å²) >= 11 is 5.77. The van der Waals surface area contributed by atoms with Crippen LogP contribution in [0.1, 0.15) is 15.9 Å². The topological polar surface area (TPSA) is 69.1 Å². The lowest BCUT2D eigenvalue weighted by Gasteiger charge is -2.06. The number of Topliss-reactive ketones (excluding diaryl/α,β-unsaturated/α-hetero) is 1. The second-order valence-electron chi connectivity index (χ2n) is 2.81. The Bertz CT molecular complexity index is 350. The highest BCUT2D eigenvalue weighted by Crippen LogP contribution is 2.22. The van der Waals surface area contributed by atoms with Gasteiger partial charge in [-0.25, -0.2) is 0 Å². The molecule has 0 bridgehead atoms. The lowest BCUT2D eigenvalue weighted by Crippen LogP contribution is -2.15. The molecule has 0 amide bonds. The molecule has 0 unspecified atom stereocenters. The van der Waals surface area contributed by atoms with Crippen LogP contribution in [0, 0.1) is 6.92 Å². The predicted octanol–water partition coefficient (Wildman–Crippen LogP) is 1.37. The average Bonchev–Trinajstić information content (AvgIpc) is 2.10. The Morgan fingerprint density at radius 1 is 1.54 bits per heavy atom. The van der Waals surface area contributed by atoms with Gasteiger partial charge in [-0.05, 0) is 24.6 Å². The van der Waals surface area contributed by atoms with Gasteiger partial charge in [-0.1, -0.05) is 11.6 Å². The van der Waals surface area contributed by atoms with E-state index in [9.17, 15) is 4.79 Å². The Morgan fingerprint density at radius 3 is 2.69 bits per heavy atom. The van der Waals surface area contributed by atoms with Crippen molar-refractivity contribution in [1.82, 2.24) is 0 Å². The highest BCUT2D eigenvalue weighted by molar-refractivity contribution is 6.31. The molecule has 0 heterocycles. The summed E-state index contributed by atoms with van der Waals surface area (Å²) in [6.45, 7) is 1.75. The first kappa shape index (κ1) is 10.0. The van der Waals surface area contributed by atoms with Crippen LogP contribution in [0.3, 0.4) is 0 Å². The third-order valence-electron chi connectivity index (χ3n) is 1.84. The van der Waals surface area contributed by atoms with Gasteiger partial charge in [0.05, 0.1) is 6.54 Å². The van der Waals surface area contributed by atoms with Gasteiger partial charge >= 0.3 is 0 Å². The quantitative estimate of drug-likeness (QED) is 0.557. The lowest BCUT2D eigenvalue weighted by atomic mass is 10.0. The standard InChI is InChI=1S/C9H11ClN2O/c1-5-2-6(10)3-7(9(5)12)8(13)4-11/h2-3H,4,11-12H2,1H3. The van der Waals surface area contributed by atoms with E-state index < -0.39 is 0 Å². The molecule has 0 saturated heterocycles. The number of benzene rings is 1. The molecule has 3 nitrogen and oxygen atoms in total. The first-order chi connectivity index (χ1) is 6.06. The van der Waals surface area contributed by atoms with E-state index in [-0.39, 0.29) is 12.3 Å². The zero-order chi connectivity index (χ0) is 10.0. The number of halogens is 1. The summed E-state index contributed by atoms with van der Waals surface area (Å²) in [5.41, 5.74) is 12.6. The first-order valence-electron chi connectivity index (χ1n) is 3.85. The summed E-state index contributed by atoms with van der Waals surface area (Å²) in [6, 6.07) is 3.25. The molecule has 0 aliphatic rings. The lowest BCUT2D eigenvalue weighted by molar-refractivity contribution is 0.100. The highest BCUT2D eigenvalue weighted by Gasteiger charge is 2.10. The molecule has 0 aliphatic heterocycles. The Balaban J connectivity index is 3.28. The number of hydrogen-bond acceptors (Lipinski definition) is 3. The summed E-state index contributed by atoms with van der Waals surface area (Å²) in [5, 5.41) is 0.503. The Hall–Kier alpha value is -1.06. The van der Waals surface area contributed by atoms with Crippen molar-refractivity contribution in [1.29, 1.82) is 0 Å². The average molecular weight is 199 g/mol. The molecule has 70 valence electrons. The van der Waals surface area contributed by atoms with E-state index in [4.69, 9.17) is 23.1 Å². The van der Waals surface area contributed by atoms with E-state index in [1.807, 2.05) is 0 Å². The maximum Gasteiger partial charge on any atom is 0.178 e. The van der Waals surface area contributed by atoms with Crippen LogP contribution >= 0.6 is 11.6 Å². The molecule has 0 saturated carbocycles. The van der Waals surface area contributed by atoms with Gasteiger partial charge in [0.1, 0.15) is 0 Å². The molecule has 13 heavy (non-hydrogen) atoms. The molecule has 4 N–H and O–H groups in total. The zero-order valence-corrected chi connectivity index (χ0v) is 8.06. The molecule has 1 aromatic carbocycles. The van der Waals surface area contributed by atoms with Gasteiger partial charge in [0.2, 0.25) is 0 Å². The van der Waals surface area contributed by atoms with Gasteiger partial charge in [0, 0.05) is 16.3 Å². The second kappa shape index (κ2) is 3.77. The fourth-order valence-corrected chi connectivity index (χ4v) is 1.37. The van der Waals surface area contributed by atoms with Crippen LogP contribution in [0.15, 0.2) is 12.1 Å². The summed E-state index contributed by atoms with van der Waals surface area (Å²) in [5.74, 6) is -0.192. The number of nitrogens with two attached hydrogens (primary N) is 2. The maximum absolute atomic E-state index is 11.3. The Morgan fingerprint density at radius 2 is 2.15 bits per heavy atom. The van der Waals surface area contributed by atoms with Gasteiger partial charge in [0.25, 0.3) is 0 Å². The molecule has 0 fully saturated rings. The highest BCUT2D eigenvalue weighted by atomic mass is 35.5. The van der Waals surface area contributed by atoms with Crippen molar-refractivity contribution in [3.63, 3.8) is 0 Å². The van der Waals surface area contributed by atoms with Crippen molar-refractivity contribution in [2.24, 2.45) is 5.73 Å². The normalized spacial score (nSPS) is 10.1. The van der Waals surface area contributed by atoms with Gasteiger partial charge in [-0.15, -0.1) is 0 Å². The molecule has 0 radical (unpaired) electrons. The third kappa shape index (κ3) is 1.99. The van der Waals surface area contributed by atoms with Crippen molar-refractivity contribution < 1.29 is 4.79 Å². The fraction of sp³-hybridized carbons (Fsp3) is 0.222. The summed E-state index contributed by atoms with van der Waals surface area (Å²) in [4.78, 5) is 11.3. The van der Waals surface area contributed by atoms with E-state index in [0.29, 0.717) is 16.3 Å². The van der Waals surface area contributed by atoms with E-state index in [0.717, 1.165) is 5.56 Å². The smallest absolute Gasteiger partial charge is 0.178 e. The minimum Gasteiger partial charge on any atom is -0.398 e. The van der Waals surface area contributed by atoms with Gasteiger partial charge in [-0.3, -0.25) is 4.79 Å². The van der Waals surface area contributed by atoms with Crippen LogP contribution < -0.4 is 11.5 Å². The predicted molar refractivity (Wildman–Crippen MR) is 54.0 cm³/mol. The second-order valence-corrected chi connectivity index (χ2v) is 3.25. The zero-order valence-electron chi connectivity index (χ0n) is 7.30. The van der Waals surface area contributed by atoms with Crippen LogP contribution in [0.25, 0.3) is 0 Å². The van der Waals surface area contributed by atoms with Gasteiger partial charge < -0.3 is 11.5 Å². The summed E-state index contributed by atoms with van der Waals surface area (Å²) in [6.07, 6.45) is 0. The monoisotopic (exact) mass is 198 g/mol. The van der Waals surface area contributed by atoms with Crippen LogP contribution in [-0.4, -0.2) is 12.3 Å². The van der Waals surface area contributed by atoms with Crippen molar-refractivity contribution >= 4 is 23.1 Å². The molecule has 0 aromatic heterocycles. The SMILES string of the molecule is Cc1cc(Cl)cc(C(=O)CN)c1N. The number of aryl methyl sites for hydroxylation is 1. The largest absolute Gasteiger partial charge is 0.398 e. The molecular weight excluding hydrogens is 188 g/mol. The Labute approximate surface area is 81.7 Å². The van der Waals surface area contributed by atoms with Crippen LogP contribution in [-0.2, 0) is 0 Å². The summed E-state index contributed by atoms with van der Waals surface area (Å²) in [7, 11) is 0. The molecule has 0 atom stereocenters. The van der Waals surface area contributed by atoms with E-state index in [1.54, 1.807) is 19.1 Å². The number of ketones is 1. The number of anilines is 1. The number of carbonyl (C=O) groups is 1. The van der Waals surface area contributed by atoms with Crippen molar-refractivity contribution in [3.05, 3.63) is 28.3 Å². The number of carbonyl (C=O) groups excluding carboxylic acids is 1. The van der Waals surface area contributed by atoms with Crippen LogP contribution in [0.5, 0.6) is 0 Å². The maximum atomic E-state index is 11.3. The number of hydrogen-bond donors (Lipinski definition) is 2. The number of nitrogen functional groups attached to an aromatic ring is 1. The van der Waals surface area contributed by atoms with Gasteiger partial charge in [-0.2, -0.15) is 0 Å². The number of rotatable bonds is 2.